The van der Waals surface area contributed by atoms with E-state index in [-0.39, 0.29) is 11.5 Å². The van der Waals surface area contributed by atoms with Crippen molar-refractivity contribution in [1.82, 2.24) is 15.0 Å². The van der Waals surface area contributed by atoms with Crippen molar-refractivity contribution in [2.24, 2.45) is 0 Å². The zero-order valence-electron chi connectivity index (χ0n) is 15.0. The number of carboxylic acids is 1. The molecule has 27 heavy (non-hydrogen) atoms. The number of likely N-dealkylation sites (N-methyl/N-ethyl adjacent to an activating group) is 1. The average Bonchev–Trinajstić information content (AvgIpc) is 3.14. The summed E-state index contributed by atoms with van der Waals surface area (Å²) >= 11 is 0. The number of aromatic carboxylic acids is 1. The summed E-state index contributed by atoms with van der Waals surface area (Å²) in [6.45, 7) is 2.39. The van der Waals surface area contributed by atoms with Gasteiger partial charge >= 0.3 is 5.97 Å². The van der Waals surface area contributed by atoms with Crippen molar-refractivity contribution in [3.8, 4) is 11.5 Å². The maximum atomic E-state index is 12.4. The predicted molar refractivity (Wildman–Crippen MR) is 98.5 cm³/mol. The van der Waals surface area contributed by atoms with Crippen molar-refractivity contribution in [3.05, 3.63) is 71.0 Å². The molecule has 0 bridgehead atoms. The fourth-order valence-corrected chi connectivity index (χ4v) is 2.60. The van der Waals surface area contributed by atoms with Crippen molar-refractivity contribution in [2.45, 2.75) is 13.3 Å². The minimum atomic E-state index is -0.992. The van der Waals surface area contributed by atoms with Gasteiger partial charge in [0.25, 0.3) is 11.8 Å². The number of aryl methyl sites for hydroxylation is 1. The number of amides is 1. The molecular formula is C20H19N3O4. The zero-order valence-corrected chi connectivity index (χ0v) is 15.0. The molecule has 3 aromatic rings. The van der Waals surface area contributed by atoms with E-state index in [1.54, 1.807) is 30.1 Å². The van der Waals surface area contributed by atoms with Gasteiger partial charge in [-0.1, -0.05) is 22.9 Å². The number of nitrogens with zero attached hydrogens (tertiary/aromatic N) is 3. The molecule has 1 aromatic heterocycles. The largest absolute Gasteiger partial charge is 0.478 e. The molecule has 0 radical (unpaired) electrons. The normalized spacial score (nSPS) is 10.6. The van der Waals surface area contributed by atoms with E-state index >= 15 is 0 Å². The highest BCUT2D eigenvalue weighted by molar-refractivity contribution is 5.94. The van der Waals surface area contributed by atoms with Gasteiger partial charge in [0.05, 0.1) is 5.56 Å². The van der Waals surface area contributed by atoms with Crippen LogP contribution in [0.3, 0.4) is 0 Å². The Morgan fingerprint density at radius 3 is 2.52 bits per heavy atom. The zero-order chi connectivity index (χ0) is 19.4. The molecule has 0 saturated carbocycles. The molecule has 0 aliphatic heterocycles. The van der Waals surface area contributed by atoms with Crippen LogP contribution in [0.2, 0.25) is 0 Å². The van der Waals surface area contributed by atoms with Crippen LogP contribution in [-0.4, -0.2) is 45.6 Å². The SMILES string of the molecule is Cc1cccc(C(=O)N(C)CCc2noc(-c3ccc(C(=O)O)cc3)n2)c1. The van der Waals surface area contributed by atoms with Crippen LogP contribution in [0.15, 0.2) is 53.1 Å². The van der Waals surface area contributed by atoms with Crippen LogP contribution in [-0.2, 0) is 6.42 Å². The Bertz CT molecular complexity index is 963. The Kier molecular flexibility index (Phi) is 5.30. The summed E-state index contributed by atoms with van der Waals surface area (Å²) in [7, 11) is 1.73. The minimum Gasteiger partial charge on any atom is -0.478 e. The van der Waals surface area contributed by atoms with Crippen LogP contribution in [0.1, 0.15) is 32.1 Å². The van der Waals surface area contributed by atoms with Crippen LogP contribution < -0.4 is 0 Å². The van der Waals surface area contributed by atoms with Gasteiger partial charge in [0, 0.05) is 31.1 Å². The highest BCUT2D eigenvalue weighted by atomic mass is 16.5. The second-order valence-corrected chi connectivity index (χ2v) is 6.24. The first-order chi connectivity index (χ1) is 12.9. The second kappa shape index (κ2) is 7.82. The molecule has 138 valence electrons. The maximum Gasteiger partial charge on any atom is 0.335 e. The van der Waals surface area contributed by atoms with Crippen molar-refractivity contribution < 1.29 is 19.2 Å². The van der Waals surface area contributed by atoms with E-state index in [1.807, 2.05) is 25.1 Å². The molecule has 0 spiro atoms. The number of hydrogen-bond acceptors (Lipinski definition) is 5. The molecule has 0 aliphatic carbocycles. The van der Waals surface area contributed by atoms with E-state index in [9.17, 15) is 9.59 Å². The van der Waals surface area contributed by atoms with Gasteiger partial charge in [-0.05, 0) is 43.3 Å². The van der Waals surface area contributed by atoms with Gasteiger partial charge in [0.15, 0.2) is 5.82 Å². The Morgan fingerprint density at radius 2 is 1.85 bits per heavy atom. The Balaban J connectivity index is 1.62. The molecule has 1 amide bonds. The molecule has 7 nitrogen and oxygen atoms in total. The van der Waals surface area contributed by atoms with Crippen molar-refractivity contribution in [2.75, 3.05) is 13.6 Å². The summed E-state index contributed by atoms with van der Waals surface area (Å²) in [5.41, 5.74) is 2.51. The average molecular weight is 365 g/mol. The monoisotopic (exact) mass is 365 g/mol. The molecule has 0 unspecified atom stereocenters. The Morgan fingerprint density at radius 1 is 1.11 bits per heavy atom. The molecule has 0 atom stereocenters. The van der Waals surface area contributed by atoms with Gasteiger partial charge in [0.1, 0.15) is 0 Å². The van der Waals surface area contributed by atoms with Gasteiger partial charge in [0.2, 0.25) is 0 Å². The molecule has 3 rings (SSSR count). The van der Waals surface area contributed by atoms with Crippen molar-refractivity contribution in [1.29, 1.82) is 0 Å². The standard InChI is InChI=1S/C20H19N3O4/c1-13-4-3-5-16(12-13)19(24)23(2)11-10-17-21-18(27-22-17)14-6-8-15(9-7-14)20(25)26/h3-9,12H,10-11H2,1-2H3,(H,25,26). The minimum absolute atomic E-state index is 0.0633. The maximum absolute atomic E-state index is 12.4. The van der Waals surface area contributed by atoms with E-state index in [4.69, 9.17) is 9.63 Å². The van der Waals surface area contributed by atoms with Crippen LogP contribution >= 0.6 is 0 Å². The quantitative estimate of drug-likeness (QED) is 0.721. The molecule has 1 heterocycles. The summed E-state index contributed by atoms with van der Waals surface area (Å²) in [4.78, 5) is 29.3. The molecule has 0 saturated heterocycles. The second-order valence-electron chi connectivity index (χ2n) is 6.24. The number of carboxylic acid groups (broad SMARTS) is 1. The third kappa shape index (κ3) is 4.38. The lowest BCUT2D eigenvalue weighted by Gasteiger charge is -2.16. The van der Waals surface area contributed by atoms with E-state index in [0.29, 0.717) is 35.8 Å². The molecule has 2 aromatic carbocycles. The number of benzene rings is 2. The van der Waals surface area contributed by atoms with Gasteiger partial charge in [-0.2, -0.15) is 4.98 Å². The van der Waals surface area contributed by atoms with Crippen molar-refractivity contribution >= 4 is 11.9 Å². The molecular weight excluding hydrogens is 346 g/mol. The van der Waals surface area contributed by atoms with Gasteiger partial charge < -0.3 is 14.5 Å². The molecule has 0 aliphatic rings. The lowest BCUT2D eigenvalue weighted by molar-refractivity contribution is 0.0696. The first-order valence-corrected chi connectivity index (χ1v) is 8.42. The Labute approximate surface area is 156 Å². The first kappa shape index (κ1) is 18.3. The summed E-state index contributed by atoms with van der Waals surface area (Å²) in [5.74, 6) is -0.258. The number of rotatable bonds is 6. The first-order valence-electron chi connectivity index (χ1n) is 8.42. The molecule has 1 N–H and O–H groups in total. The third-order valence-corrected chi connectivity index (χ3v) is 4.13. The Hall–Kier alpha value is -3.48. The number of carbonyl (C=O) groups is 2. The molecule has 7 heteroatoms. The van der Waals surface area contributed by atoms with Crippen molar-refractivity contribution in [3.63, 3.8) is 0 Å². The van der Waals surface area contributed by atoms with E-state index in [2.05, 4.69) is 10.1 Å². The third-order valence-electron chi connectivity index (χ3n) is 4.13. The number of hydrogen-bond donors (Lipinski definition) is 1. The van der Waals surface area contributed by atoms with Crippen LogP contribution in [0.5, 0.6) is 0 Å². The lowest BCUT2D eigenvalue weighted by Crippen LogP contribution is -2.29. The van der Waals surface area contributed by atoms with Crippen LogP contribution in [0, 0.1) is 6.92 Å². The predicted octanol–water partition coefficient (Wildman–Crippen LogP) is 3.06. The summed E-state index contributed by atoms with van der Waals surface area (Å²) < 4.78 is 5.23. The van der Waals surface area contributed by atoms with Crippen LogP contribution in [0.25, 0.3) is 11.5 Å². The number of aromatic nitrogens is 2. The summed E-state index contributed by atoms with van der Waals surface area (Å²) in [6, 6.07) is 13.7. The van der Waals surface area contributed by atoms with Gasteiger partial charge in [-0.25, -0.2) is 4.79 Å². The summed E-state index contributed by atoms with van der Waals surface area (Å²) in [6.07, 6.45) is 0.449. The summed E-state index contributed by atoms with van der Waals surface area (Å²) in [5, 5.41) is 12.9. The van der Waals surface area contributed by atoms with E-state index in [1.165, 1.54) is 12.1 Å². The highest BCUT2D eigenvalue weighted by Crippen LogP contribution is 2.18. The topological polar surface area (TPSA) is 96.5 Å². The highest BCUT2D eigenvalue weighted by Gasteiger charge is 2.14. The van der Waals surface area contributed by atoms with E-state index in [0.717, 1.165) is 5.56 Å². The smallest absolute Gasteiger partial charge is 0.335 e. The molecule has 0 fully saturated rings. The van der Waals surface area contributed by atoms with Gasteiger partial charge in [-0.3, -0.25) is 4.79 Å². The fourth-order valence-electron chi connectivity index (χ4n) is 2.60. The van der Waals surface area contributed by atoms with Crippen LogP contribution in [0.4, 0.5) is 0 Å². The number of carbonyl (C=O) groups excluding carboxylic acids is 1. The van der Waals surface area contributed by atoms with Gasteiger partial charge in [-0.15, -0.1) is 0 Å². The van der Waals surface area contributed by atoms with E-state index < -0.39 is 5.97 Å². The fraction of sp³-hybridized carbons (Fsp3) is 0.200. The lowest BCUT2D eigenvalue weighted by atomic mass is 10.1.